The van der Waals surface area contributed by atoms with Crippen molar-refractivity contribution in [3.63, 3.8) is 0 Å². The first-order chi connectivity index (χ1) is 9.72. The van der Waals surface area contributed by atoms with Crippen molar-refractivity contribution in [2.75, 3.05) is 0 Å². The van der Waals surface area contributed by atoms with Gasteiger partial charge in [-0.3, -0.25) is 4.79 Å². The largest absolute Gasteiger partial charge is 0.350 e. The fraction of sp³-hybridized carbons (Fsp3) is 0.471. The van der Waals surface area contributed by atoms with Crippen molar-refractivity contribution in [3.05, 3.63) is 41.2 Å². The molecule has 2 nitrogen and oxygen atoms in total. The fourth-order valence-corrected chi connectivity index (χ4v) is 3.29. The molecule has 1 fully saturated rings. The van der Waals surface area contributed by atoms with Crippen LogP contribution in [-0.2, 0) is 11.2 Å². The van der Waals surface area contributed by atoms with Gasteiger partial charge >= 0.3 is 0 Å². The molecule has 0 aromatic heterocycles. The maximum atomic E-state index is 13.4. The molecule has 1 aromatic carbocycles. The van der Waals surface area contributed by atoms with Gasteiger partial charge in [0.05, 0.1) is 0 Å². The molecule has 0 radical (unpaired) electrons. The molecule has 3 heteroatoms. The summed E-state index contributed by atoms with van der Waals surface area (Å²) >= 11 is 0. The second-order valence-corrected chi connectivity index (χ2v) is 5.81. The van der Waals surface area contributed by atoms with Crippen LogP contribution < -0.4 is 5.32 Å². The van der Waals surface area contributed by atoms with Gasteiger partial charge in [0.25, 0.3) is 0 Å². The number of allylic oxidation sites excluding steroid dienone is 1. The number of aryl methyl sites for hydroxylation is 1. The Morgan fingerprint density at radius 1 is 1.20 bits per heavy atom. The number of hydrogen-bond donors (Lipinski definition) is 1. The Balaban J connectivity index is 1.78. The number of hydrogen-bond acceptors (Lipinski definition) is 1. The zero-order valence-corrected chi connectivity index (χ0v) is 11.6. The standard InChI is InChI=1S/C17H20FNO/c18-14-9-8-12-4-3-5-13(16(12)11-14)10-17(20)19-15-6-1-2-7-15/h8-11,15H,1-7H2,(H,19,20)/b13-10-. The zero-order valence-electron chi connectivity index (χ0n) is 11.6. The molecule has 1 saturated carbocycles. The molecule has 0 heterocycles. The fourth-order valence-electron chi connectivity index (χ4n) is 3.29. The third-order valence-electron chi connectivity index (χ3n) is 4.32. The monoisotopic (exact) mass is 273 g/mol. The molecule has 0 atom stereocenters. The summed E-state index contributed by atoms with van der Waals surface area (Å²) in [6.45, 7) is 0. The van der Waals surface area contributed by atoms with Crippen LogP contribution in [0.2, 0.25) is 0 Å². The molecular weight excluding hydrogens is 253 g/mol. The van der Waals surface area contributed by atoms with Crippen LogP contribution in [0, 0.1) is 5.82 Å². The molecule has 2 aliphatic carbocycles. The van der Waals surface area contributed by atoms with Crippen molar-refractivity contribution in [1.29, 1.82) is 0 Å². The summed E-state index contributed by atoms with van der Waals surface area (Å²) in [7, 11) is 0. The SMILES string of the molecule is O=C(/C=C1/CCCc2ccc(F)cc21)NC1CCCC1. The van der Waals surface area contributed by atoms with E-state index < -0.39 is 0 Å². The second kappa shape index (κ2) is 5.78. The molecule has 106 valence electrons. The predicted molar refractivity (Wildman–Crippen MR) is 77.7 cm³/mol. The highest BCUT2D eigenvalue weighted by atomic mass is 19.1. The van der Waals surface area contributed by atoms with Crippen LogP contribution in [0.4, 0.5) is 4.39 Å². The van der Waals surface area contributed by atoms with E-state index in [2.05, 4.69) is 5.32 Å². The van der Waals surface area contributed by atoms with E-state index >= 15 is 0 Å². The van der Waals surface area contributed by atoms with E-state index in [0.29, 0.717) is 6.04 Å². The molecule has 20 heavy (non-hydrogen) atoms. The first kappa shape index (κ1) is 13.3. The number of carbonyl (C=O) groups is 1. The van der Waals surface area contributed by atoms with Crippen LogP contribution in [0.25, 0.3) is 5.57 Å². The number of fused-ring (bicyclic) bond motifs is 1. The predicted octanol–water partition coefficient (Wildman–Crippen LogP) is 3.60. The number of rotatable bonds is 2. The van der Waals surface area contributed by atoms with Gasteiger partial charge < -0.3 is 5.32 Å². The van der Waals surface area contributed by atoms with Gasteiger partial charge in [0.15, 0.2) is 0 Å². The van der Waals surface area contributed by atoms with Gasteiger partial charge in [-0.2, -0.15) is 0 Å². The number of nitrogens with one attached hydrogen (secondary N) is 1. The minimum Gasteiger partial charge on any atom is -0.350 e. The summed E-state index contributed by atoms with van der Waals surface area (Å²) in [6, 6.07) is 5.23. The summed E-state index contributed by atoms with van der Waals surface area (Å²) in [5.41, 5.74) is 3.04. The topological polar surface area (TPSA) is 29.1 Å². The minimum atomic E-state index is -0.229. The number of amides is 1. The van der Waals surface area contributed by atoms with Crippen LogP contribution in [0.5, 0.6) is 0 Å². The average Bonchev–Trinajstić information content (AvgIpc) is 2.92. The molecule has 0 unspecified atom stereocenters. The van der Waals surface area contributed by atoms with Crippen molar-refractivity contribution in [1.82, 2.24) is 5.32 Å². The number of halogens is 1. The molecule has 0 aliphatic heterocycles. The van der Waals surface area contributed by atoms with Crippen LogP contribution in [0.1, 0.15) is 49.7 Å². The summed E-state index contributed by atoms with van der Waals surface area (Å²) < 4.78 is 13.4. The van der Waals surface area contributed by atoms with Gasteiger partial charge in [0, 0.05) is 12.1 Å². The third-order valence-corrected chi connectivity index (χ3v) is 4.32. The normalized spacial score (nSPS) is 20.9. The van der Waals surface area contributed by atoms with Crippen LogP contribution >= 0.6 is 0 Å². The van der Waals surface area contributed by atoms with Gasteiger partial charge in [0.2, 0.25) is 5.91 Å². The van der Waals surface area contributed by atoms with Gasteiger partial charge in [-0.05, 0) is 60.9 Å². The Morgan fingerprint density at radius 3 is 2.80 bits per heavy atom. The van der Waals surface area contributed by atoms with E-state index in [1.54, 1.807) is 12.1 Å². The smallest absolute Gasteiger partial charge is 0.244 e. The first-order valence-electron chi connectivity index (χ1n) is 7.52. The Hall–Kier alpha value is -1.64. The van der Waals surface area contributed by atoms with Gasteiger partial charge in [-0.15, -0.1) is 0 Å². The van der Waals surface area contributed by atoms with Crippen molar-refractivity contribution in [2.45, 2.75) is 51.0 Å². The van der Waals surface area contributed by atoms with E-state index in [4.69, 9.17) is 0 Å². The average molecular weight is 273 g/mol. The van der Waals surface area contributed by atoms with E-state index in [0.717, 1.165) is 48.8 Å². The van der Waals surface area contributed by atoms with Crippen molar-refractivity contribution in [2.24, 2.45) is 0 Å². The molecule has 1 N–H and O–H groups in total. The molecular formula is C17H20FNO. The van der Waals surface area contributed by atoms with Crippen LogP contribution in [0.3, 0.4) is 0 Å². The highest BCUT2D eigenvalue weighted by molar-refractivity contribution is 5.96. The Bertz CT molecular complexity index is 544. The highest BCUT2D eigenvalue weighted by Crippen LogP contribution is 2.31. The minimum absolute atomic E-state index is 0.0241. The van der Waals surface area contributed by atoms with Gasteiger partial charge in [0.1, 0.15) is 5.82 Å². The molecule has 1 amide bonds. The Morgan fingerprint density at radius 2 is 2.00 bits per heavy atom. The van der Waals surface area contributed by atoms with E-state index in [-0.39, 0.29) is 11.7 Å². The highest BCUT2D eigenvalue weighted by Gasteiger charge is 2.19. The summed E-state index contributed by atoms with van der Waals surface area (Å²) in [6.07, 6.45) is 9.11. The van der Waals surface area contributed by atoms with E-state index in [1.807, 2.05) is 6.07 Å². The summed E-state index contributed by atoms with van der Waals surface area (Å²) in [4.78, 5) is 12.1. The number of benzene rings is 1. The second-order valence-electron chi connectivity index (χ2n) is 5.81. The number of carbonyl (C=O) groups excluding carboxylic acids is 1. The lowest BCUT2D eigenvalue weighted by molar-refractivity contribution is -0.117. The van der Waals surface area contributed by atoms with Crippen molar-refractivity contribution in [3.8, 4) is 0 Å². The molecule has 0 bridgehead atoms. The Kier molecular flexibility index (Phi) is 3.86. The third kappa shape index (κ3) is 2.92. The molecule has 2 aliphatic rings. The molecule has 3 rings (SSSR count). The molecule has 0 spiro atoms. The maximum Gasteiger partial charge on any atom is 0.244 e. The van der Waals surface area contributed by atoms with E-state index in [9.17, 15) is 9.18 Å². The lowest BCUT2D eigenvalue weighted by atomic mass is 9.87. The van der Waals surface area contributed by atoms with E-state index in [1.165, 1.54) is 18.9 Å². The van der Waals surface area contributed by atoms with Gasteiger partial charge in [-0.1, -0.05) is 18.9 Å². The zero-order chi connectivity index (χ0) is 13.9. The molecule has 0 saturated heterocycles. The Labute approximate surface area is 119 Å². The quantitative estimate of drug-likeness (QED) is 0.819. The maximum absolute atomic E-state index is 13.4. The lowest BCUT2D eigenvalue weighted by Crippen LogP contribution is -2.31. The summed E-state index contributed by atoms with van der Waals surface area (Å²) in [5, 5.41) is 3.06. The van der Waals surface area contributed by atoms with Crippen LogP contribution in [-0.4, -0.2) is 11.9 Å². The van der Waals surface area contributed by atoms with Crippen LogP contribution in [0.15, 0.2) is 24.3 Å². The van der Waals surface area contributed by atoms with Crippen molar-refractivity contribution < 1.29 is 9.18 Å². The lowest BCUT2D eigenvalue weighted by Gasteiger charge is -2.19. The molecule has 1 aromatic rings. The van der Waals surface area contributed by atoms with Gasteiger partial charge in [-0.25, -0.2) is 4.39 Å². The first-order valence-corrected chi connectivity index (χ1v) is 7.52. The summed E-state index contributed by atoms with van der Waals surface area (Å²) in [5.74, 6) is -0.253. The van der Waals surface area contributed by atoms with Crippen molar-refractivity contribution >= 4 is 11.5 Å².